The maximum absolute atomic E-state index is 15.4. The number of alkyl carbamates (subject to hydrolysis) is 1. The number of nitrogens with one attached hydrogen (secondary N) is 1. The highest BCUT2D eigenvalue weighted by Crippen LogP contribution is 2.63. The summed E-state index contributed by atoms with van der Waals surface area (Å²) in [6.07, 6.45) is -9.56. The number of carbonyl (C=O) groups is 6. The Labute approximate surface area is 350 Å². The fourth-order valence-electron chi connectivity index (χ4n) is 10.2. The first-order valence-electron chi connectivity index (χ1n) is 20.3. The lowest BCUT2D eigenvalue weighted by Crippen LogP contribution is -2.79. The van der Waals surface area contributed by atoms with Crippen molar-refractivity contribution in [2.75, 3.05) is 6.61 Å². The molecule has 1 saturated heterocycles. The molecule has 4 aliphatic carbocycles. The highest BCUT2D eigenvalue weighted by atomic mass is 16.6. The molecule has 1 aromatic carbocycles. The Morgan fingerprint density at radius 2 is 1.60 bits per heavy atom. The third-order valence-corrected chi connectivity index (χ3v) is 13.2. The van der Waals surface area contributed by atoms with Crippen LogP contribution in [0.25, 0.3) is 0 Å². The number of Topliss-reactive ketones (excluding diaryl/α,β-unsaturated/α-hetero) is 1. The predicted octanol–water partition coefficient (Wildman–Crippen LogP) is 4.00. The van der Waals surface area contributed by atoms with E-state index in [2.05, 4.69) is 17.2 Å². The third-order valence-electron chi connectivity index (χ3n) is 13.2. The summed E-state index contributed by atoms with van der Waals surface area (Å²) in [5.74, 6) is -1.06. The van der Waals surface area contributed by atoms with E-state index in [1.165, 1.54) is 13.8 Å². The van der Waals surface area contributed by atoms with Crippen LogP contribution >= 0.6 is 0 Å². The number of ketones is 1. The number of amides is 1. The fraction of sp³-hybridized carbons (Fsp3) is 0.644. The summed E-state index contributed by atoms with van der Waals surface area (Å²) in [5.41, 5.74) is -5.45. The van der Waals surface area contributed by atoms with Gasteiger partial charge in [0.15, 0.2) is 23.6 Å². The van der Waals surface area contributed by atoms with Crippen LogP contribution in [0.15, 0.2) is 41.5 Å². The minimum atomic E-state index is -1.96. The van der Waals surface area contributed by atoms with E-state index in [0.29, 0.717) is 5.57 Å². The highest BCUT2D eigenvalue weighted by Gasteiger charge is 2.75. The van der Waals surface area contributed by atoms with Crippen molar-refractivity contribution in [3.8, 4) is 11.8 Å². The molecule has 1 amide bonds. The second-order valence-electron chi connectivity index (χ2n) is 19.1. The maximum Gasteiger partial charge on any atom is 0.408 e. The van der Waals surface area contributed by atoms with E-state index >= 15 is 4.79 Å². The topological polar surface area (TPSA) is 210 Å². The molecule has 6 rings (SSSR count). The van der Waals surface area contributed by atoms with Gasteiger partial charge in [0.1, 0.15) is 23.9 Å². The van der Waals surface area contributed by atoms with E-state index in [0.717, 1.165) is 6.92 Å². The van der Waals surface area contributed by atoms with Crippen molar-refractivity contribution in [3.63, 3.8) is 0 Å². The molecule has 15 nitrogen and oxygen atoms in total. The summed E-state index contributed by atoms with van der Waals surface area (Å²) in [5, 5.41) is 26.4. The Kier molecular flexibility index (Phi) is 11.6. The molecular weight excluding hydrogens is 778 g/mol. The third kappa shape index (κ3) is 7.71. The fourth-order valence-corrected chi connectivity index (χ4v) is 10.2. The average Bonchev–Trinajstić information content (AvgIpc) is 3.13. The molecule has 12 atom stereocenters. The number of aliphatic hydroxyl groups excluding tert-OH is 2. The predicted molar refractivity (Wildman–Crippen MR) is 211 cm³/mol. The molecular formula is C45H57NO14. The molecule has 0 spiro atoms. The van der Waals surface area contributed by atoms with Gasteiger partial charge in [-0.15, -0.1) is 0 Å². The zero-order valence-electron chi connectivity index (χ0n) is 36.1. The van der Waals surface area contributed by atoms with E-state index in [-0.39, 0.29) is 30.6 Å². The molecule has 2 saturated carbocycles. The molecule has 1 aliphatic heterocycles. The van der Waals surface area contributed by atoms with Crippen LogP contribution in [0.4, 0.5) is 4.79 Å². The maximum atomic E-state index is 15.4. The molecule has 5 aliphatic rings. The number of aliphatic hydroxyl groups is 2. The molecule has 3 N–H and O–H groups in total. The molecule has 60 heavy (non-hydrogen) atoms. The normalized spacial score (nSPS) is 34.4. The van der Waals surface area contributed by atoms with E-state index in [4.69, 9.17) is 28.4 Å². The zero-order valence-corrected chi connectivity index (χ0v) is 36.1. The van der Waals surface area contributed by atoms with Crippen molar-refractivity contribution in [2.24, 2.45) is 34.0 Å². The van der Waals surface area contributed by atoms with Crippen LogP contribution in [0.3, 0.4) is 0 Å². The average molecular weight is 836 g/mol. The van der Waals surface area contributed by atoms with Crippen LogP contribution in [0, 0.1) is 45.8 Å². The smallest absolute Gasteiger partial charge is 0.408 e. The molecule has 2 bridgehead atoms. The largest absolute Gasteiger partial charge is 0.458 e. The lowest BCUT2D eigenvalue weighted by atomic mass is 9.46. The molecule has 2 unspecified atom stereocenters. The summed E-state index contributed by atoms with van der Waals surface area (Å²) in [6.45, 7) is 17.5. The highest BCUT2D eigenvalue weighted by molar-refractivity contribution is 5.95. The quantitative estimate of drug-likeness (QED) is 0.139. The van der Waals surface area contributed by atoms with Gasteiger partial charge in [-0.25, -0.2) is 14.4 Å². The van der Waals surface area contributed by atoms with Gasteiger partial charge in [-0.3, -0.25) is 14.4 Å². The first kappa shape index (κ1) is 44.8. The van der Waals surface area contributed by atoms with Crippen LogP contribution in [0.2, 0.25) is 0 Å². The Hall–Kier alpha value is -4.78. The van der Waals surface area contributed by atoms with Crippen LogP contribution in [-0.4, -0.2) is 106 Å². The van der Waals surface area contributed by atoms with Crippen molar-refractivity contribution in [2.45, 2.75) is 143 Å². The van der Waals surface area contributed by atoms with Gasteiger partial charge in [-0.2, -0.15) is 0 Å². The van der Waals surface area contributed by atoms with Crippen molar-refractivity contribution < 1.29 is 67.4 Å². The molecule has 3 fully saturated rings. The second-order valence-corrected chi connectivity index (χ2v) is 19.1. The van der Waals surface area contributed by atoms with Gasteiger partial charge in [0, 0.05) is 31.6 Å². The number of esters is 4. The van der Waals surface area contributed by atoms with Crippen LogP contribution in [0.1, 0.15) is 99.4 Å². The van der Waals surface area contributed by atoms with Gasteiger partial charge in [0.05, 0.1) is 41.6 Å². The molecule has 326 valence electrons. The van der Waals surface area contributed by atoms with Gasteiger partial charge in [-0.1, -0.05) is 43.9 Å². The molecule has 15 heteroatoms. The molecule has 0 aromatic heterocycles. The van der Waals surface area contributed by atoms with E-state index in [9.17, 15) is 34.2 Å². The summed E-state index contributed by atoms with van der Waals surface area (Å²) in [4.78, 5) is 82.8. The van der Waals surface area contributed by atoms with Crippen molar-refractivity contribution in [3.05, 3.63) is 47.0 Å². The van der Waals surface area contributed by atoms with Gasteiger partial charge in [0.2, 0.25) is 0 Å². The summed E-state index contributed by atoms with van der Waals surface area (Å²) in [6, 6.07) is 6.89. The number of hydrogen-bond acceptors (Lipinski definition) is 14. The molecule has 1 aromatic rings. The standard InChI is InChI=1S/C45H57NO14/c1-22-28(57-39(53)33(50)32(26-17-18-42(26,7)8)46-40(54)60-41(4,5)6)19-27-34(58-38(52)25-15-13-12-14-16-25)36-44(11,29(49)20-30-45(36,21-55-30)59-24(3)48)37(51)35(56-23(2)47)31(22)43(27,9)10/h12-16,26-30,32-36,49-50H,19-21H2,1-11H3,(H,46,54)/t26-,27?,28+,29+,30-,32+,33-,34-,35?,36+,44-,45+/m1/s1. The molecule has 1 heterocycles. The van der Waals surface area contributed by atoms with Gasteiger partial charge in [0.25, 0.3) is 0 Å². The Morgan fingerprint density at radius 1 is 0.950 bits per heavy atom. The Morgan fingerprint density at radius 3 is 2.12 bits per heavy atom. The first-order valence-corrected chi connectivity index (χ1v) is 20.3. The van der Waals surface area contributed by atoms with Crippen molar-refractivity contribution in [1.82, 2.24) is 5.32 Å². The zero-order chi connectivity index (χ0) is 44.5. The van der Waals surface area contributed by atoms with Crippen LogP contribution in [-0.2, 0) is 47.6 Å². The summed E-state index contributed by atoms with van der Waals surface area (Å²) >= 11 is 0. The Bertz CT molecular complexity index is 2040. The van der Waals surface area contributed by atoms with E-state index in [1.54, 1.807) is 85.7 Å². The number of hydrogen-bond donors (Lipinski definition) is 3. The first-order chi connectivity index (χ1) is 27.8. The minimum Gasteiger partial charge on any atom is -0.458 e. The van der Waals surface area contributed by atoms with Crippen LogP contribution in [0.5, 0.6) is 0 Å². The van der Waals surface area contributed by atoms with Gasteiger partial charge in [-0.05, 0) is 83.6 Å². The number of benzene rings is 1. The number of fused-ring (bicyclic) bond motifs is 5. The lowest BCUT2D eigenvalue weighted by molar-refractivity contribution is -0.335. The van der Waals surface area contributed by atoms with E-state index in [1.807, 2.05) is 0 Å². The van der Waals surface area contributed by atoms with Crippen molar-refractivity contribution in [1.29, 1.82) is 0 Å². The van der Waals surface area contributed by atoms with Gasteiger partial charge < -0.3 is 44.0 Å². The number of rotatable bonds is 9. The lowest BCUT2D eigenvalue weighted by Gasteiger charge is -2.66. The summed E-state index contributed by atoms with van der Waals surface area (Å²) in [7, 11) is 0. The minimum absolute atomic E-state index is 0.0717. The monoisotopic (exact) mass is 835 g/mol. The Balaban J connectivity index is 1.50. The van der Waals surface area contributed by atoms with Gasteiger partial charge >= 0.3 is 30.0 Å². The second kappa shape index (κ2) is 15.6. The SMILES string of the molecule is CC(=O)OC1C(=O)[C@@]2(C)[C@H]([C@H](OC(=O)c3ccccc3)C3C[C@H](OC(=O)[C@H](O)[C@@H](NC(=O)OC(C)(C)C)[C@H]4C#CC4(C)C)C(C)=C1C3(C)C)[C@]1(OC(C)=O)CO[C@@H]1C[C@@H]2O. The summed E-state index contributed by atoms with van der Waals surface area (Å²) < 4.78 is 36.1. The van der Waals surface area contributed by atoms with Crippen molar-refractivity contribution >= 4 is 35.8 Å². The molecule has 0 radical (unpaired) electrons. The number of carbonyl (C=O) groups excluding carboxylic acids is 6. The van der Waals surface area contributed by atoms with Crippen LogP contribution < -0.4 is 5.32 Å². The number of ether oxygens (including phenoxy) is 6. The van der Waals surface area contributed by atoms with E-state index < -0.39 is 124 Å².